The SMILES string of the molecule is CN=Cc1cc(-c2ccc3ccc(C4(O)CC(C(F)F)C4)cc3n2)cnc1N. The summed E-state index contributed by atoms with van der Waals surface area (Å²) in [6.07, 6.45) is 1.02. The van der Waals surface area contributed by atoms with Crippen LogP contribution in [0.4, 0.5) is 14.6 Å². The molecule has 0 unspecified atom stereocenters. The van der Waals surface area contributed by atoms with Crippen molar-refractivity contribution in [3.63, 3.8) is 0 Å². The van der Waals surface area contributed by atoms with Crippen molar-refractivity contribution < 1.29 is 13.9 Å². The van der Waals surface area contributed by atoms with Crippen LogP contribution in [0, 0.1) is 5.92 Å². The first-order chi connectivity index (χ1) is 13.4. The number of pyridine rings is 2. The second kappa shape index (κ2) is 6.91. The monoisotopic (exact) mass is 382 g/mol. The van der Waals surface area contributed by atoms with Gasteiger partial charge in [0.1, 0.15) is 5.82 Å². The topological polar surface area (TPSA) is 84.4 Å². The van der Waals surface area contributed by atoms with Crippen molar-refractivity contribution in [1.29, 1.82) is 0 Å². The minimum Gasteiger partial charge on any atom is -0.385 e. The van der Waals surface area contributed by atoms with Gasteiger partial charge in [-0.25, -0.2) is 18.7 Å². The maximum absolute atomic E-state index is 12.8. The molecule has 0 spiro atoms. The number of aromatic nitrogens is 2. The molecule has 1 aliphatic carbocycles. The number of nitrogens with zero attached hydrogens (tertiary/aromatic N) is 3. The zero-order valence-corrected chi connectivity index (χ0v) is 15.3. The lowest BCUT2D eigenvalue weighted by molar-refractivity contribution is -0.126. The van der Waals surface area contributed by atoms with E-state index in [0.717, 1.165) is 10.9 Å². The minimum absolute atomic E-state index is 0.0669. The van der Waals surface area contributed by atoms with Gasteiger partial charge in [0.15, 0.2) is 0 Å². The maximum atomic E-state index is 12.8. The van der Waals surface area contributed by atoms with Gasteiger partial charge in [-0.3, -0.25) is 4.99 Å². The summed E-state index contributed by atoms with van der Waals surface area (Å²) in [5.41, 5.74) is 8.16. The summed E-state index contributed by atoms with van der Waals surface area (Å²) in [5, 5.41) is 11.6. The van der Waals surface area contributed by atoms with Crippen LogP contribution in [0.5, 0.6) is 0 Å². The van der Waals surface area contributed by atoms with Crippen molar-refractivity contribution in [3.8, 4) is 11.3 Å². The predicted molar refractivity (Wildman–Crippen MR) is 106 cm³/mol. The van der Waals surface area contributed by atoms with Gasteiger partial charge in [0.05, 0.1) is 16.8 Å². The Hall–Kier alpha value is -2.93. The second-order valence-electron chi connectivity index (χ2n) is 7.22. The maximum Gasteiger partial charge on any atom is 0.241 e. The van der Waals surface area contributed by atoms with Crippen LogP contribution in [0.3, 0.4) is 0 Å². The van der Waals surface area contributed by atoms with Gasteiger partial charge in [0, 0.05) is 41.9 Å². The molecule has 0 atom stereocenters. The van der Waals surface area contributed by atoms with E-state index in [-0.39, 0.29) is 12.8 Å². The zero-order valence-electron chi connectivity index (χ0n) is 15.3. The molecule has 144 valence electrons. The van der Waals surface area contributed by atoms with Gasteiger partial charge in [0.2, 0.25) is 6.43 Å². The molecule has 2 heterocycles. The summed E-state index contributed by atoms with van der Waals surface area (Å²) in [4.78, 5) is 12.8. The molecule has 1 aromatic carbocycles. The van der Waals surface area contributed by atoms with Crippen molar-refractivity contribution in [1.82, 2.24) is 9.97 Å². The highest BCUT2D eigenvalue weighted by Crippen LogP contribution is 2.48. The van der Waals surface area contributed by atoms with Crippen LogP contribution in [-0.4, -0.2) is 34.8 Å². The van der Waals surface area contributed by atoms with Crippen molar-refractivity contribution in [2.24, 2.45) is 10.9 Å². The Balaban J connectivity index is 1.70. The van der Waals surface area contributed by atoms with E-state index >= 15 is 0 Å². The lowest BCUT2D eigenvalue weighted by Gasteiger charge is -2.43. The van der Waals surface area contributed by atoms with Crippen LogP contribution in [0.25, 0.3) is 22.2 Å². The molecule has 4 rings (SSSR count). The number of rotatable bonds is 4. The second-order valence-corrected chi connectivity index (χ2v) is 7.22. The standard InChI is InChI=1S/C21H20F2N4O/c1-25-10-14-6-13(11-26-20(14)24)17-5-3-12-2-4-16(7-18(12)27-17)21(28)8-15(9-21)19(22)23/h2-7,10-11,15,19,28H,8-9H2,1H3,(H2,24,26). The molecule has 1 fully saturated rings. The van der Waals surface area contributed by atoms with Gasteiger partial charge in [-0.05, 0) is 36.6 Å². The molecule has 1 saturated carbocycles. The van der Waals surface area contributed by atoms with Crippen LogP contribution in [0.2, 0.25) is 0 Å². The number of anilines is 1. The Morgan fingerprint density at radius 3 is 2.71 bits per heavy atom. The van der Waals surface area contributed by atoms with Crippen molar-refractivity contribution >= 4 is 22.9 Å². The van der Waals surface area contributed by atoms with Gasteiger partial charge >= 0.3 is 0 Å². The number of nitrogen functional groups attached to an aromatic ring is 1. The Morgan fingerprint density at radius 1 is 1.25 bits per heavy atom. The third-order valence-electron chi connectivity index (χ3n) is 5.30. The van der Waals surface area contributed by atoms with E-state index < -0.39 is 17.9 Å². The normalized spacial score (nSPS) is 22.1. The summed E-state index contributed by atoms with van der Waals surface area (Å²) in [7, 11) is 1.66. The highest BCUT2D eigenvalue weighted by atomic mass is 19.3. The van der Waals surface area contributed by atoms with E-state index in [0.29, 0.717) is 28.2 Å². The Labute approximate surface area is 161 Å². The van der Waals surface area contributed by atoms with Gasteiger partial charge < -0.3 is 10.8 Å². The molecule has 28 heavy (non-hydrogen) atoms. The molecule has 0 amide bonds. The number of aliphatic hydroxyl groups is 1. The molecule has 3 N–H and O–H groups in total. The molecule has 2 aromatic heterocycles. The van der Waals surface area contributed by atoms with Crippen LogP contribution >= 0.6 is 0 Å². The van der Waals surface area contributed by atoms with E-state index in [4.69, 9.17) is 5.73 Å². The molecule has 5 nitrogen and oxygen atoms in total. The lowest BCUT2D eigenvalue weighted by Crippen LogP contribution is -2.44. The van der Waals surface area contributed by atoms with Crippen LogP contribution in [-0.2, 0) is 5.60 Å². The van der Waals surface area contributed by atoms with Crippen LogP contribution in [0.1, 0.15) is 24.0 Å². The average molecular weight is 382 g/mol. The first-order valence-electron chi connectivity index (χ1n) is 8.99. The average Bonchev–Trinajstić information content (AvgIpc) is 2.66. The van der Waals surface area contributed by atoms with Gasteiger partial charge in [-0.2, -0.15) is 0 Å². The van der Waals surface area contributed by atoms with Crippen LogP contribution in [0.15, 0.2) is 47.6 Å². The Bertz CT molecular complexity index is 1060. The molecular weight excluding hydrogens is 362 g/mol. The summed E-state index contributed by atoms with van der Waals surface area (Å²) >= 11 is 0. The van der Waals surface area contributed by atoms with Gasteiger partial charge in [0.25, 0.3) is 0 Å². The number of hydrogen-bond acceptors (Lipinski definition) is 5. The predicted octanol–water partition coefficient (Wildman–Crippen LogP) is 3.79. The number of nitrogens with two attached hydrogens (primary N) is 1. The molecule has 0 aliphatic heterocycles. The van der Waals surface area contributed by atoms with E-state index in [2.05, 4.69) is 15.0 Å². The van der Waals surface area contributed by atoms with E-state index in [1.54, 1.807) is 31.6 Å². The summed E-state index contributed by atoms with van der Waals surface area (Å²) < 4.78 is 25.6. The quantitative estimate of drug-likeness (QED) is 0.673. The van der Waals surface area contributed by atoms with Crippen molar-refractivity contribution in [3.05, 3.63) is 53.7 Å². The Morgan fingerprint density at radius 2 is 2.00 bits per heavy atom. The summed E-state index contributed by atoms with van der Waals surface area (Å²) in [5.74, 6) is -0.363. The number of benzene rings is 1. The van der Waals surface area contributed by atoms with Crippen LogP contribution < -0.4 is 5.73 Å². The zero-order chi connectivity index (χ0) is 19.9. The first-order valence-corrected chi connectivity index (χ1v) is 8.99. The van der Waals surface area contributed by atoms with E-state index in [1.807, 2.05) is 24.3 Å². The lowest BCUT2D eigenvalue weighted by atomic mass is 9.67. The molecule has 0 radical (unpaired) electrons. The molecule has 7 heteroatoms. The van der Waals surface area contributed by atoms with E-state index in [9.17, 15) is 13.9 Å². The molecular formula is C21H20F2N4O. The third kappa shape index (κ3) is 3.22. The number of hydrogen-bond donors (Lipinski definition) is 2. The minimum atomic E-state index is -2.40. The number of fused-ring (bicyclic) bond motifs is 1. The summed E-state index contributed by atoms with van der Waals surface area (Å²) in [6, 6.07) is 11.1. The fraction of sp³-hybridized carbons (Fsp3) is 0.286. The number of halogens is 2. The molecule has 0 saturated heterocycles. The smallest absolute Gasteiger partial charge is 0.241 e. The molecule has 3 aromatic rings. The largest absolute Gasteiger partial charge is 0.385 e. The summed E-state index contributed by atoms with van der Waals surface area (Å²) in [6.45, 7) is 0. The van der Waals surface area contributed by atoms with Gasteiger partial charge in [-0.15, -0.1) is 0 Å². The molecule has 1 aliphatic rings. The van der Waals surface area contributed by atoms with Gasteiger partial charge in [-0.1, -0.05) is 18.2 Å². The third-order valence-corrected chi connectivity index (χ3v) is 5.30. The highest BCUT2D eigenvalue weighted by molar-refractivity contribution is 5.88. The first kappa shape index (κ1) is 18.4. The van der Waals surface area contributed by atoms with E-state index in [1.165, 1.54) is 0 Å². The fourth-order valence-electron chi connectivity index (χ4n) is 3.66. The van der Waals surface area contributed by atoms with Crippen molar-refractivity contribution in [2.45, 2.75) is 24.9 Å². The molecule has 0 bridgehead atoms. The number of alkyl halides is 2. The number of aliphatic imine (C=N–C) groups is 1. The van der Waals surface area contributed by atoms with Crippen molar-refractivity contribution in [2.75, 3.05) is 12.8 Å². The fourth-order valence-corrected chi connectivity index (χ4v) is 3.66. The highest BCUT2D eigenvalue weighted by Gasteiger charge is 2.47. The Kier molecular flexibility index (Phi) is 4.55.